The number of hydrogen-bond acceptors (Lipinski definition) is 6. The normalized spacial score (nSPS) is 10.8. The van der Waals surface area contributed by atoms with E-state index in [9.17, 15) is 5.11 Å². The molecule has 102 valence electrons. The van der Waals surface area contributed by atoms with E-state index in [0.29, 0.717) is 34.6 Å². The monoisotopic (exact) mass is 271 g/mol. The van der Waals surface area contributed by atoms with E-state index in [2.05, 4.69) is 19.9 Å². The van der Waals surface area contributed by atoms with Gasteiger partial charge in [0.2, 0.25) is 5.95 Å². The SMILES string of the molecule is COc1cccc(Cc2nc(N)nc3nc[nH]c23)c1O. The number of ether oxygens (including phenoxy) is 1. The maximum Gasteiger partial charge on any atom is 0.222 e. The molecule has 0 atom stereocenters. The minimum atomic E-state index is 0.0971. The third-order valence-electron chi connectivity index (χ3n) is 3.04. The Kier molecular flexibility index (Phi) is 2.86. The van der Waals surface area contributed by atoms with Crippen LogP contribution in [0.25, 0.3) is 11.2 Å². The van der Waals surface area contributed by atoms with Crippen molar-refractivity contribution < 1.29 is 9.84 Å². The number of phenols is 1. The number of fused-ring (bicyclic) bond motifs is 1. The van der Waals surface area contributed by atoms with E-state index < -0.39 is 0 Å². The van der Waals surface area contributed by atoms with Crippen LogP contribution in [0.4, 0.5) is 5.95 Å². The molecule has 0 fully saturated rings. The van der Waals surface area contributed by atoms with Crippen molar-refractivity contribution in [2.75, 3.05) is 12.8 Å². The van der Waals surface area contributed by atoms with Gasteiger partial charge in [0.15, 0.2) is 17.1 Å². The molecule has 0 spiro atoms. The minimum absolute atomic E-state index is 0.0971. The summed E-state index contributed by atoms with van der Waals surface area (Å²) in [6.45, 7) is 0. The molecule has 0 unspecified atom stereocenters. The molecule has 0 bridgehead atoms. The molecule has 0 saturated carbocycles. The predicted molar refractivity (Wildman–Crippen MR) is 73.6 cm³/mol. The maximum atomic E-state index is 10.1. The van der Waals surface area contributed by atoms with E-state index in [0.717, 1.165) is 0 Å². The molecule has 20 heavy (non-hydrogen) atoms. The lowest BCUT2D eigenvalue weighted by Gasteiger charge is -2.09. The second kappa shape index (κ2) is 4.69. The molecule has 0 aliphatic heterocycles. The van der Waals surface area contributed by atoms with Gasteiger partial charge in [-0.1, -0.05) is 12.1 Å². The fraction of sp³-hybridized carbons (Fsp3) is 0.154. The van der Waals surface area contributed by atoms with Crippen LogP contribution >= 0.6 is 0 Å². The molecule has 0 saturated heterocycles. The van der Waals surface area contributed by atoms with Crippen molar-refractivity contribution >= 4 is 17.1 Å². The minimum Gasteiger partial charge on any atom is -0.504 e. The second-order valence-corrected chi connectivity index (χ2v) is 4.27. The number of anilines is 1. The summed E-state index contributed by atoms with van der Waals surface area (Å²) in [7, 11) is 1.51. The summed E-state index contributed by atoms with van der Waals surface area (Å²) < 4.78 is 5.09. The highest BCUT2D eigenvalue weighted by atomic mass is 16.5. The molecule has 7 heteroatoms. The Morgan fingerprint density at radius 1 is 1.35 bits per heavy atom. The summed E-state index contributed by atoms with van der Waals surface area (Å²) in [5.41, 5.74) is 8.25. The Morgan fingerprint density at radius 3 is 3.00 bits per heavy atom. The number of imidazole rings is 1. The number of H-pyrrole nitrogens is 1. The predicted octanol–water partition coefficient (Wildman–Crippen LogP) is 1.24. The molecule has 0 aliphatic rings. The van der Waals surface area contributed by atoms with Gasteiger partial charge in [-0.2, -0.15) is 4.98 Å². The number of nitrogens with two attached hydrogens (primary N) is 1. The number of para-hydroxylation sites is 1. The van der Waals surface area contributed by atoms with Gasteiger partial charge in [-0.15, -0.1) is 0 Å². The standard InChI is InChI=1S/C13H13N5O2/c1-20-9-4-2-3-7(11(9)19)5-8-10-12(16-6-15-10)18-13(14)17-8/h2-4,6,19H,5H2,1H3,(H3,14,15,16,17,18). The van der Waals surface area contributed by atoms with Gasteiger partial charge in [0.1, 0.15) is 5.52 Å². The number of rotatable bonds is 3. The average molecular weight is 271 g/mol. The fourth-order valence-electron chi connectivity index (χ4n) is 2.10. The largest absolute Gasteiger partial charge is 0.504 e. The Labute approximate surface area is 114 Å². The summed E-state index contributed by atoms with van der Waals surface area (Å²) in [4.78, 5) is 15.3. The number of methoxy groups -OCH3 is 1. The third-order valence-corrected chi connectivity index (χ3v) is 3.04. The Hall–Kier alpha value is -2.83. The molecule has 1 aromatic carbocycles. The van der Waals surface area contributed by atoms with Gasteiger partial charge in [0.25, 0.3) is 0 Å². The highest BCUT2D eigenvalue weighted by Crippen LogP contribution is 2.31. The van der Waals surface area contributed by atoms with Crippen molar-refractivity contribution in [2.45, 2.75) is 6.42 Å². The number of aromatic amines is 1. The first-order valence-electron chi connectivity index (χ1n) is 5.99. The zero-order chi connectivity index (χ0) is 14.1. The highest BCUT2D eigenvalue weighted by molar-refractivity contribution is 5.74. The van der Waals surface area contributed by atoms with Crippen LogP contribution in [0.5, 0.6) is 11.5 Å². The van der Waals surface area contributed by atoms with Crippen LogP contribution in [0.2, 0.25) is 0 Å². The van der Waals surface area contributed by atoms with E-state index in [1.165, 1.54) is 13.4 Å². The lowest BCUT2D eigenvalue weighted by Crippen LogP contribution is -2.02. The number of nitrogens with zero attached hydrogens (tertiary/aromatic N) is 3. The lowest BCUT2D eigenvalue weighted by molar-refractivity contribution is 0.371. The zero-order valence-corrected chi connectivity index (χ0v) is 10.8. The van der Waals surface area contributed by atoms with E-state index in [4.69, 9.17) is 10.5 Å². The molecule has 3 rings (SSSR count). The molecule has 7 nitrogen and oxygen atoms in total. The van der Waals surface area contributed by atoms with Gasteiger partial charge in [0.05, 0.1) is 19.1 Å². The van der Waals surface area contributed by atoms with Gasteiger partial charge in [-0.3, -0.25) is 0 Å². The van der Waals surface area contributed by atoms with Crippen LogP contribution in [0.15, 0.2) is 24.5 Å². The van der Waals surface area contributed by atoms with Crippen molar-refractivity contribution in [3.63, 3.8) is 0 Å². The number of nitrogen functional groups attached to an aromatic ring is 1. The van der Waals surface area contributed by atoms with E-state index in [-0.39, 0.29) is 11.7 Å². The van der Waals surface area contributed by atoms with Crippen LogP contribution < -0.4 is 10.5 Å². The first-order chi connectivity index (χ1) is 9.69. The van der Waals surface area contributed by atoms with Gasteiger partial charge >= 0.3 is 0 Å². The quantitative estimate of drug-likeness (QED) is 0.661. The fourth-order valence-corrected chi connectivity index (χ4v) is 2.10. The smallest absolute Gasteiger partial charge is 0.222 e. The van der Waals surface area contributed by atoms with Crippen molar-refractivity contribution in [3.05, 3.63) is 35.8 Å². The highest BCUT2D eigenvalue weighted by Gasteiger charge is 2.13. The van der Waals surface area contributed by atoms with Gasteiger partial charge in [-0.05, 0) is 6.07 Å². The number of hydrogen-bond donors (Lipinski definition) is 3. The number of nitrogens with one attached hydrogen (secondary N) is 1. The zero-order valence-electron chi connectivity index (χ0n) is 10.8. The number of benzene rings is 1. The topological polar surface area (TPSA) is 110 Å². The van der Waals surface area contributed by atoms with Crippen molar-refractivity contribution in [1.82, 2.24) is 19.9 Å². The first-order valence-corrected chi connectivity index (χ1v) is 5.99. The molecular formula is C13H13N5O2. The Bertz CT molecular complexity index is 769. The summed E-state index contributed by atoms with van der Waals surface area (Å²) in [6, 6.07) is 5.31. The second-order valence-electron chi connectivity index (χ2n) is 4.27. The summed E-state index contributed by atoms with van der Waals surface area (Å²) >= 11 is 0. The van der Waals surface area contributed by atoms with Crippen LogP contribution in [0, 0.1) is 0 Å². The van der Waals surface area contributed by atoms with Crippen molar-refractivity contribution in [1.29, 1.82) is 0 Å². The molecule has 0 amide bonds. The molecule has 4 N–H and O–H groups in total. The summed E-state index contributed by atoms with van der Waals surface area (Å²) in [5, 5.41) is 10.1. The van der Waals surface area contributed by atoms with Crippen LogP contribution in [-0.2, 0) is 6.42 Å². The van der Waals surface area contributed by atoms with Gasteiger partial charge < -0.3 is 20.6 Å². The molecule has 0 radical (unpaired) electrons. The molecular weight excluding hydrogens is 258 g/mol. The first kappa shape index (κ1) is 12.2. The molecule has 0 aliphatic carbocycles. The number of phenolic OH excluding ortho intramolecular Hbond substituents is 1. The van der Waals surface area contributed by atoms with Gasteiger partial charge in [0, 0.05) is 12.0 Å². The Morgan fingerprint density at radius 2 is 2.20 bits per heavy atom. The summed E-state index contributed by atoms with van der Waals surface area (Å²) in [6.07, 6.45) is 1.93. The maximum absolute atomic E-state index is 10.1. The van der Waals surface area contributed by atoms with Crippen LogP contribution in [-0.4, -0.2) is 32.2 Å². The third kappa shape index (κ3) is 1.99. The molecule has 2 aromatic heterocycles. The summed E-state index contributed by atoms with van der Waals surface area (Å²) in [5.74, 6) is 0.673. The lowest BCUT2D eigenvalue weighted by atomic mass is 10.1. The van der Waals surface area contributed by atoms with E-state index in [1.807, 2.05) is 6.07 Å². The van der Waals surface area contributed by atoms with Crippen LogP contribution in [0.3, 0.4) is 0 Å². The van der Waals surface area contributed by atoms with E-state index >= 15 is 0 Å². The van der Waals surface area contributed by atoms with Gasteiger partial charge in [-0.25, -0.2) is 9.97 Å². The van der Waals surface area contributed by atoms with Crippen molar-refractivity contribution in [2.24, 2.45) is 0 Å². The number of aromatic hydroxyl groups is 1. The molecule has 2 heterocycles. The number of aromatic nitrogens is 4. The van der Waals surface area contributed by atoms with E-state index in [1.54, 1.807) is 12.1 Å². The average Bonchev–Trinajstić information content (AvgIpc) is 2.89. The van der Waals surface area contributed by atoms with Crippen LogP contribution in [0.1, 0.15) is 11.3 Å². The Balaban J connectivity index is 2.07. The molecule has 3 aromatic rings. The van der Waals surface area contributed by atoms with Crippen molar-refractivity contribution in [3.8, 4) is 11.5 Å².